The number of carbonyl (C=O) groups excluding carboxylic acids is 3. The molecule has 2 aromatic rings. The van der Waals surface area contributed by atoms with E-state index < -0.39 is 17.1 Å². The molecule has 8 nitrogen and oxygen atoms in total. The van der Waals surface area contributed by atoms with Gasteiger partial charge in [-0.2, -0.15) is 0 Å². The summed E-state index contributed by atoms with van der Waals surface area (Å²) in [4.78, 5) is 38.0. The molecule has 0 atom stereocenters. The van der Waals surface area contributed by atoms with Gasteiger partial charge in [-0.15, -0.1) is 0 Å². The predicted molar refractivity (Wildman–Crippen MR) is 110 cm³/mol. The number of carbonyl (C=O) groups is 3. The minimum Gasteiger partial charge on any atom is -0.494 e. The zero-order valence-electron chi connectivity index (χ0n) is 16.8. The molecule has 1 aliphatic rings. The SMILES string of the molecule is CCOc1ccc(/C=C2/SC(=O)N(Cc3ccc(C(=O)OC)o3)C2=O)c(OCC)c1. The number of thioether (sulfide) groups is 1. The first kappa shape index (κ1) is 21.5. The van der Waals surface area contributed by atoms with Crippen LogP contribution in [0, 0.1) is 0 Å². The second-order valence-corrected chi connectivity index (χ2v) is 7.08. The van der Waals surface area contributed by atoms with Crippen molar-refractivity contribution in [2.75, 3.05) is 20.3 Å². The lowest BCUT2D eigenvalue weighted by Gasteiger charge is -2.11. The van der Waals surface area contributed by atoms with Gasteiger partial charge in [-0.1, -0.05) is 0 Å². The van der Waals surface area contributed by atoms with Gasteiger partial charge in [0.15, 0.2) is 0 Å². The number of ether oxygens (including phenoxy) is 3. The van der Waals surface area contributed by atoms with Gasteiger partial charge in [0.25, 0.3) is 11.1 Å². The summed E-state index contributed by atoms with van der Waals surface area (Å²) in [6.45, 7) is 4.63. The fraction of sp³-hybridized carbons (Fsp3) is 0.286. The summed E-state index contributed by atoms with van der Waals surface area (Å²) in [6, 6.07) is 8.27. The van der Waals surface area contributed by atoms with E-state index in [2.05, 4.69) is 4.74 Å². The third-order valence-corrected chi connectivity index (χ3v) is 5.03. The highest BCUT2D eigenvalue weighted by molar-refractivity contribution is 8.18. The van der Waals surface area contributed by atoms with Gasteiger partial charge in [-0.05, 0) is 56.0 Å². The molecular formula is C21H21NO7S. The Bertz CT molecular complexity index is 995. The Hall–Kier alpha value is -3.20. The van der Waals surface area contributed by atoms with E-state index in [1.54, 1.807) is 24.3 Å². The monoisotopic (exact) mass is 431 g/mol. The fourth-order valence-electron chi connectivity index (χ4n) is 2.78. The van der Waals surface area contributed by atoms with Crippen LogP contribution in [0.1, 0.15) is 35.7 Å². The topological polar surface area (TPSA) is 95.3 Å². The van der Waals surface area contributed by atoms with Crippen LogP contribution in [0.5, 0.6) is 11.5 Å². The molecular weight excluding hydrogens is 410 g/mol. The Balaban J connectivity index is 1.81. The van der Waals surface area contributed by atoms with Crippen molar-refractivity contribution in [3.8, 4) is 11.5 Å². The van der Waals surface area contributed by atoms with Crippen LogP contribution in [0.4, 0.5) is 4.79 Å². The largest absolute Gasteiger partial charge is 0.494 e. The Kier molecular flexibility index (Phi) is 6.83. The van der Waals surface area contributed by atoms with Gasteiger partial charge in [-0.3, -0.25) is 14.5 Å². The number of furan rings is 1. The van der Waals surface area contributed by atoms with Gasteiger partial charge in [0.2, 0.25) is 5.76 Å². The average Bonchev–Trinajstić information content (AvgIpc) is 3.30. The van der Waals surface area contributed by atoms with Crippen molar-refractivity contribution in [1.82, 2.24) is 4.90 Å². The van der Waals surface area contributed by atoms with E-state index in [1.807, 2.05) is 13.8 Å². The number of methoxy groups -OCH3 is 1. The number of amides is 2. The Morgan fingerprint density at radius 2 is 1.90 bits per heavy atom. The van der Waals surface area contributed by atoms with Crippen LogP contribution in [0.15, 0.2) is 39.7 Å². The highest BCUT2D eigenvalue weighted by atomic mass is 32.2. The van der Waals surface area contributed by atoms with Crippen molar-refractivity contribution in [2.24, 2.45) is 0 Å². The number of nitrogens with zero attached hydrogens (tertiary/aromatic N) is 1. The molecule has 0 unspecified atom stereocenters. The van der Waals surface area contributed by atoms with Crippen LogP contribution in [0.2, 0.25) is 0 Å². The van der Waals surface area contributed by atoms with Crippen LogP contribution in [-0.2, 0) is 16.1 Å². The van der Waals surface area contributed by atoms with E-state index >= 15 is 0 Å². The summed E-state index contributed by atoms with van der Waals surface area (Å²) in [6.07, 6.45) is 1.62. The quantitative estimate of drug-likeness (QED) is 0.455. The standard InChI is InChI=1S/C21H21NO7S/c1-4-27-14-7-6-13(17(11-14)28-5-2)10-18-19(23)22(21(25)30-18)12-15-8-9-16(29-15)20(24)26-3/h6-11H,4-5,12H2,1-3H3/b18-10+. The molecule has 30 heavy (non-hydrogen) atoms. The summed E-state index contributed by atoms with van der Waals surface area (Å²) in [5.41, 5.74) is 0.664. The maximum absolute atomic E-state index is 12.8. The van der Waals surface area contributed by atoms with Gasteiger partial charge in [0.1, 0.15) is 17.3 Å². The van der Waals surface area contributed by atoms with Crippen LogP contribution in [0.3, 0.4) is 0 Å². The lowest BCUT2D eigenvalue weighted by Crippen LogP contribution is -2.27. The minimum atomic E-state index is -0.630. The fourth-order valence-corrected chi connectivity index (χ4v) is 3.61. The summed E-state index contributed by atoms with van der Waals surface area (Å²) in [7, 11) is 1.24. The average molecular weight is 431 g/mol. The van der Waals surface area contributed by atoms with E-state index in [9.17, 15) is 14.4 Å². The van der Waals surface area contributed by atoms with Gasteiger partial charge >= 0.3 is 5.97 Å². The van der Waals surface area contributed by atoms with Crippen molar-refractivity contribution >= 4 is 35.0 Å². The van der Waals surface area contributed by atoms with E-state index in [0.29, 0.717) is 36.0 Å². The molecule has 2 amide bonds. The number of hydrogen-bond acceptors (Lipinski definition) is 8. The first-order valence-electron chi connectivity index (χ1n) is 9.28. The Morgan fingerprint density at radius 1 is 1.13 bits per heavy atom. The van der Waals surface area contributed by atoms with E-state index in [-0.39, 0.29) is 17.2 Å². The molecule has 0 radical (unpaired) electrons. The number of esters is 1. The summed E-state index contributed by atoms with van der Waals surface area (Å²) in [5, 5.41) is -0.425. The lowest BCUT2D eigenvalue weighted by molar-refractivity contribution is -0.123. The molecule has 0 spiro atoms. The maximum Gasteiger partial charge on any atom is 0.373 e. The first-order valence-corrected chi connectivity index (χ1v) is 10.1. The van der Waals surface area contributed by atoms with Crippen molar-refractivity contribution in [2.45, 2.75) is 20.4 Å². The number of benzene rings is 1. The molecule has 0 saturated carbocycles. The number of rotatable bonds is 8. The third kappa shape index (κ3) is 4.68. The third-order valence-electron chi connectivity index (χ3n) is 4.12. The molecule has 2 heterocycles. The molecule has 1 aliphatic heterocycles. The molecule has 3 rings (SSSR count). The highest BCUT2D eigenvalue weighted by Gasteiger charge is 2.36. The van der Waals surface area contributed by atoms with Crippen molar-refractivity contribution in [3.63, 3.8) is 0 Å². The van der Waals surface area contributed by atoms with Gasteiger partial charge in [0.05, 0.1) is 31.8 Å². The predicted octanol–water partition coefficient (Wildman–Crippen LogP) is 4.10. The van der Waals surface area contributed by atoms with Crippen LogP contribution in [-0.4, -0.2) is 42.3 Å². The normalized spacial score (nSPS) is 15.0. The molecule has 1 aromatic carbocycles. The molecule has 0 bridgehead atoms. The molecule has 0 aliphatic carbocycles. The number of hydrogen-bond donors (Lipinski definition) is 0. The second-order valence-electron chi connectivity index (χ2n) is 6.09. The molecule has 1 fully saturated rings. The zero-order chi connectivity index (χ0) is 21.7. The van der Waals surface area contributed by atoms with Gasteiger partial charge in [-0.25, -0.2) is 4.79 Å². The summed E-state index contributed by atoms with van der Waals surface area (Å²) >= 11 is 0.833. The molecule has 1 aromatic heterocycles. The molecule has 158 valence electrons. The van der Waals surface area contributed by atoms with Crippen LogP contribution < -0.4 is 9.47 Å². The van der Waals surface area contributed by atoms with Crippen molar-refractivity contribution in [3.05, 3.63) is 52.3 Å². The van der Waals surface area contributed by atoms with Crippen molar-refractivity contribution in [1.29, 1.82) is 0 Å². The maximum atomic E-state index is 12.8. The molecule has 0 N–H and O–H groups in total. The Morgan fingerprint density at radius 3 is 2.60 bits per heavy atom. The van der Waals surface area contributed by atoms with Crippen molar-refractivity contribution < 1.29 is 33.0 Å². The van der Waals surface area contributed by atoms with Gasteiger partial charge in [0, 0.05) is 11.6 Å². The van der Waals surface area contributed by atoms with E-state index in [0.717, 1.165) is 16.7 Å². The number of imide groups is 1. The lowest BCUT2D eigenvalue weighted by atomic mass is 10.1. The van der Waals surface area contributed by atoms with Gasteiger partial charge < -0.3 is 18.6 Å². The van der Waals surface area contributed by atoms with Crippen LogP contribution >= 0.6 is 11.8 Å². The highest BCUT2D eigenvalue weighted by Crippen LogP contribution is 2.36. The Labute approximate surface area is 177 Å². The summed E-state index contributed by atoms with van der Waals surface area (Å²) < 4.78 is 21.1. The second kappa shape index (κ2) is 9.53. The minimum absolute atomic E-state index is 0.00533. The molecule has 9 heteroatoms. The zero-order valence-corrected chi connectivity index (χ0v) is 17.6. The molecule has 1 saturated heterocycles. The van der Waals surface area contributed by atoms with E-state index in [1.165, 1.54) is 19.2 Å². The smallest absolute Gasteiger partial charge is 0.373 e. The summed E-state index contributed by atoms with van der Waals surface area (Å²) in [5.74, 6) is 0.446. The first-order chi connectivity index (χ1) is 14.5. The van der Waals surface area contributed by atoms with Crippen LogP contribution in [0.25, 0.3) is 6.08 Å². The van der Waals surface area contributed by atoms with E-state index in [4.69, 9.17) is 13.9 Å².